The molecule has 4 aromatic rings. The van der Waals surface area contributed by atoms with Gasteiger partial charge < -0.3 is 40.6 Å². The zero-order chi connectivity index (χ0) is 29.7. The van der Waals surface area contributed by atoms with Gasteiger partial charge in [0.25, 0.3) is 5.56 Å². The Morgan fingerprint density at radius 1 is 1.17 bits per heavy atom. The molecule has 2 aliphatic heterocycles. The number of halogens is 2. The van der Waals surface area contributed by atoms with E-state index < -0.39 is 73.7 Å². The third-order valence-electron chi connectivity index (χ3n) is 7.54. The lowest BCUT2D eigenvalue weighted by Gasteiger charge is -2.27. The van der Waals surface area contributed by atoms with Crippen LogP contribution >= 0.6 is 6.72 Å². The second-order valence-electron chi connectivity index (χ2n) is 9.99. The summed E-state index contributed by atoms with van der Waals surface area (Å²) in [4.78, 5) is 41.3. The minimum atomic E-state index is -4.44. The topological polar surface area (TPSA) is 244 Å². The largest absolute Gasteiger partial charge is 0.394 e. The number of nitrogen functional groups attached to an aromatic ring is 2. The molecule has 0 bridgehead atoms. The molecule has 0 amide bonds. The summed E-state index contributed by atoms with van der Waals surface area (Å²) in [7, 11) is 0. The molecule has 1 saturated carbocycles. The van der Waals surface area contributed by atoms with Crippen LogP contribution in [0.2, 0.25) is 0 Å². The fourth-order valence-electron chi connectivity index (χ4n) is 5.44. The number of alkyl halides is 2. The molecule has 3 fully saturated rings. The molecule has 1 aliphatic carbocycles. The Bertz CT molecular complexity index is 1830. The summed E-state index contributed by atoms with van der Waals surface area (Å²) in [6.07, 6.45) is -8.93. The van der Waals surface area contributed by atoms with Crippen molar-refractivity contribution in [2.45, 2.75) is 54.8 Å². The molecule has 0 aromatic carbocycles. The number of aliphatic hydroxyl groups excluding tert-OH is 1. The number of aromatic amines is 1. The third-order valence-corrected chi connectivity index (χ3v) is 9.06. The molecule has 10 atom stereocenters. The van der Waals surface area contributed by atoms with E-state index in [-0.39, 0.29) is 28.6 Å². The molecule has 21 heteroatoms. The Balaban J connectivity index is 1.11. The highest BCUT2D eigenvalue weighted by Gasteiger charge is 2.80. The van der Waals surface area contributed by atoms with E-state index in [2.05, 4.69) is 24.9 Å². The summed E-state index contributed by atoms with van der Waals surface area (Å²) in [6.45, 7) is -5.22. The van der Waals surface area contributed by atoms with E-state index in [1.807, 2.05) is 0 Å². The number of nitrogens with two attached hydrogens (primary N) is 2. The van der Waals surface area contributed by atoms with Crippen molar-refractivity contribution in [1.29, 1.82) is 0 Å². The Morgan fingerprint density at radius 2 is 1.95 bits per heavy atom. The molecule has 17 nitrogen and oxygen atoms in total. The van der Waals surface area contributed by atoms with E-state index in [9.17, 15) is 19.9 Å². The fourth-order valence-corrected chi connectivity index (χ4v) is 7.17. The Morgan fingerprint density at radius 3 is 2.67 bits per heavy atom. The second kappa shape index (κ2) is 9.40. The summed E-state index contributed by atoms with van der Waals surface area (Å²) < 4.78 is 55.6. The smallest absolute Gasteiger partial charge is 0.325 e. The first-order valence-electron chi connectivity index (χ1n) is 12.4. The number of rotatable bonds is 7. The molecule has 42 heavy (non-hydrogen) atoms. The minimum absolute atomic E-state index is 0.0943. The molecule has 7 rings (SSSR count). The molecule has 8 N–H and O–H groups in total. The summed E-state index contributed by atoms with van der Waals surface area (Å²) in [5, 5.41) is 21.1. The molecule has 3 unspecified atom stereocenters. The lowest BCUT2D eigenvalue weighted by atomic mass is 10.1. The SMILES string of the molecule is Nc1nc2c(ncn2[C@@H]2O[C@H](CO)[C@H](F)C2OP(O)(=S)OC2[C@H]3O[C@@H](n4ccc5c(N)ncnc54)[C@@H](F)[C@@]23O)c(=O)[nH]1. The number of ether oxygens (including phenoxy) is 2. The van der Waals surface area contributed by atoms with Crippen LogP contribution in [-0.4, -0.2) is 98.1 Å². The van der Waals surface area contributed by atoms with Gasteiger partial charge in [0.2, 0.25) is 5.95 Å². The number of hydrogen-bond donors (Lipinski definition) is 6. The van der Waals surface area contributed by atoms with Crippen molar-refractivity contribution < 1.29 is 42.4 Å². The van der Waals surface area contributed by atoms with Crippen molar-refractivity contribution in [3.8, 4) is 0 Å². The van der Waals surface area contributed by atoms with Gasteiger partial charge in [-0.1, -0.05) is 0 Å². The van der Waals surface area contributed by atoms with Crippen molar-refractivity contribution >= 4 is 52.5 Å². The summed E-state index contributed by atoms with van der Waals surface area (Å²) in [6, 6.07) is 1.57. The number of anilines is 2. The Labute approximate surface area is 237 Å². The van der Waals surface area contributed by atoms with E-state index in [0.29, 0.717) is 5.39 Å². The molecular weight excluding hydrogens is 607 g/mol. The number of hydrogen-bond acceptors (Lipinski definition) is 14. The maximum atomic E-state index is 15.6. The molecule has 6 heterocycles. The van der Waals surface area contributed by atoms with E-state index in [4.69, 9.17) is 41.8 Å². The lowest BCUT2D eigenvalue weighted by Crippen LogP contribution is -2.35. The molecule has 224 valence electrons. The highest BCUT2D eigenvalue weighted by molar-refractivity contribution is 8.07. The first-order chi connectivity index (χ1) is 19.9. The van der Waals surface area contributed by atoms with Crippen molar-refractivity contribution in [2.24, 2.45) is 0 Å². The highest BCUT2D eigenvalue weighted by atomic mass is 32.5. The molecule has 0 radical (unpaired) electrons. The molecule has 3 aliphatic rings. The van der Waals surface area contributed by atoms with E-state index in [1.54, 1.807) is 6.07 Å². The number of nitrogens with zero attached hydrogens (tertiary/aromatic N) is 6. The van der Waals surface area contributed by atoms with Crippen LogP contribution in [0.3, 0.4) is 0 Å². The van der Waals surface area contributed by atoms with Crippen molar-refractivity contribution in [1.82, 2.24) is 34.1 Å². The zero-order valence-electron chi connectivity index (χ0n) is 21.0. The number of nitrogens with one attached hydrogen (secondary N) is 1. The van der Waals surface area contributed by atoms with Gasteiger partial charge >= 0.3 is 6.72 Å². The summed E-state index contributed by atoms with van der Waals surface area (Å²) >= 11 is 5.09. The maximum Gasteiger partial charge on any atom is 0.325 e. The Kier molecular flexibility index (Phi) is 6.18. The van der Waals surface area contributed by atoms with Crippen LogP contribution in [0.1, 0.15) is 12.5 Å². The Hall–Kier alpha value is -3.20. The normalized spacial score (nSPS) is 35.5. The number of H-pyrrole nitrogens is 1. The van der Waals surface area contributed by atoms with Gasteiger partial charge in [0.1, 0.15) is 42.2 Å². The van der Waals surface area contributed by atoms with Gasteiger partial charge in [-0.3, -0.25) is 23.4 Å². The number of imidazole rings is 1. The summed E-state index contributed by atoms with van der Waals surface area (Å²) in [5.74, 6) is -0.0823. The van der Waals surface area contributed by atoms with Gasteiger partial charge in [0.05, 0.1) is 18.3 Å². The quantitative estimate of drug-likeness (QED) is 0.133. The van der Waals surface area contributed by atoms with Crippen molar-refractivity contribution in [3.05, 3.63) is 35.3 Å². The third kappa shape index (κ3) is 3.98. The van der Waals surface area contributed by atoms with Crippen LogP contribution in [-0.2, 0) is 30.3 Å². The standard InChI is InChI=1S/C21H22F2N9O8PS/c22-8-7(3-33)37-18(32-5-28-9-16(32)29-20(25)30-17(9)34)10(8)39-41(36,42)40-13-12-21(13,35)11(23)19(38-12)31-2-1-6-14(24)26-4-27-15(6)31/h1-2,4-5,7-8,10-13,18-19,33,35H,3H2,(H,36,42)(H2,24,26,27)(H3,25,29,30,34)/t7-,8+,10?,11-,12-,13?,18-,19-,21+,41?/m1/s1. The van der Waals surface area contributed by atoms with Crippen LogP contribution in [0.4, 0.5) is 20.5 Å². The monoisotopic (exact) mass is 629 g/mol. The van der Waals surface area contributed by atoms with Gasteiger partial charge in [0.15, 0.2) is 41.6 Å². The van der Waals surface area contributed by atoms with Gasteiger partial charge in [-0.05, 0) is 17.9 Å². The van der Waals surface area contributed by atoms with Crippen molar-refractivity contribution in [3.63, 3.8) is 0 Å². The van der Waals surface area contributed by atoms with E-state index in [0.717, 1.165) is 10.9 Å². The average molecular weight is 629 g/mol. The molecule has 2 saturated heterocycles. The number of fused-ring (bicyclic) bond motifs is 3. The minimum Gasteiger partial charge on any atom is -0.394 e. The van der Waals surface area contributed by atoms with E-state index in [1.165, 1.54) is 17.1 Å². The molecular formula is C21H22F2N9O8PS. The first-order valence-corrected chi connectivity index (χ1v) is 14.9. The zero-order valence-corrected chi connectivity index (χ0v) is 22.7. The van der Waals surface area contributed by atoms with Crippen LogP contribution in [0.5, 0.6) is 0 Å². The predicted molar refractivity (Wildman–Crippen MR) is 140 cm³/mol. The van der Waals surface area contributed by atoms with Gasteiger partial charge in [0, 0.05) is 6.20 Å². The predicted octanol–water partition coefficient (Wildman–Crippen LogP) is -1.08. The van der Waals surface area contributed by atoms with E-state index >= 15 is 8.78 Å². The van der Waals surface area contributed by atoms with Gasteiger partial charge in [-0.2, -0.15) is 4.98 Å². The summed E-state index contributed by atoms with van der Waals surface area (Å²) in [5.41, 5.74) is 8.61. The van der Waals surface area contributed by atoms with Crippen LogP contribution in [0.25, 0.3) is 22.2 Å². The van der Waals surface area contributed by atoms with Gasteiger partial charge in [-0.25, -0.2) is 23.7 Å². The van der Waals surface area contributed by atoms with Crippen LogP contribution in [0.15, 0.2) is 29.7 Å². The average Bonchev–Trinajstić information content (AvgIpc) is 3.45. The molecule has 4 aromatic heterocycles. The van der Waals surface area contributed by atoms with Crippen molar-refractivity contribution in [2.75, 3.05) is 18.1 Å². The number of aromatic nitrogens is 7. The number of aliphatic hydroxyl groups is 2. The molecule has 0 spiro atoms. The van der Waals surface area contributed by atoms with Crippen LogP contribution < -0.4 is 17.0 Å². The first kappa shape index (κ1) is 27.6. The maximum absolute atomic E-state index is 15.6. The second-order valence-corrected chi connectivity index (χ2v) is 12.7. The fraction of sp³-hybridized carbons (Fsp3) is 0.476. The van der Waals surface area contributed by atoms with Crippen LogP contribution in [0, 0.1) is 0 Å². The van der Waals surface area contributed by atoms with Gasteiger partial charge in [-0.15, -0.1) is 0 Å². The highest BCUT2D eigenvalue weighted by Crippen LogP contribution is 2.63. The lowest BCUT2D eigenvalue weighted by molar-refractivity contribution is -0.0648.